The maximum absolute atomic E-state index is 13.1. The molecule has 0 saturated heterocycles. The number of para-hydroxylation sites is 1. The van der Waals surface area contributed by atoms with Crippen LogP contribution >= 0.6 is 23.2 Å². The smallest absolute Gasteiger partial charge is 0.206 e. The van der Waals surface area contributed by atoms with Gasteiger partial charge in [0.2, 0.25) is 5.95 Å². The van der Waals surface area contributed by atoms with Crippen LogP contribution in [0.3, 0.4) is 0 Å². The summed E-state index contributed by atoms with van der Waals surface area (Å²) in [6.45, 7) is 0. The number of nitrogens with two attached hydrogens (primary N) is 1. The molecule has 0 aliphatic rings. The SMILES string of the molecule is Nc1nc2c(Cl)cccc2n1-c1ccc(F)cc1Cl. The molecular formula is C13H8Cl2FN3. The van der Waals surface area contributed by atoms with E-state index in [-0.39, 0.29) is 11.0 Å². The highest BCUT2D eigenvalue weighted by Crippen LogP contribution is 2.31. The van der Waals surface area contributed by atoms with Crippen LogP contribution in [0.25, 0.3) is 16.7 Å². The number of rotatable bonds is 1. The van der Waals surface area contributed by atoms with Gasteiger partial charge in [0.25, 0.3) is 0 Å². The van der Waals surface area contributed by atoms with E-state index in [1.807, 2.05) is 6.07 Å². The van der Waals surface area contributed by atoms with Gasteiger partial charge in [-0.2, -0.15) is 0 Å². The number of anilines is 1. The average Bonchev–Trinajstić information content (AvgIpc) is 2.68. The molecule has 0 aliphatic heterocycles. The predicted octanol–water partition coefficient (Wildman–Crippen LogP) is 4.05. The minimum Gasteiger partial charge on any atom is -0.369 e. The molecule has 2 N–H and O–H groups in total. The van der Waals surface area contributed by atoms with Crippen molar-refractivity contribution in [2.45, 2.75) is 0 Å². The summed E-state index contributed by atoms with van der Waals surface area (Å²) in [5, 5.41) is 0.757. The highest BCUT2D eigenvalue weighted by atomic mass is 35.5. The van der Waals surface area contributed by atoms with Gasteiger partial charge in [-0.1, -0.05) is 29.3 Å². The van der Waals surface area contributed by atoms with Crippen molar-refractivity contribution in [3.63, 3.8) is 0 Å². The molecule has 0 saturated carbocycles. The largest absolute Gasteiger partial charge is 0.369 e. The van der Waals surface area contributed by atoms with Gasteiger partial charge in [-0.25, -0.2) is 9.37 Å². The molecule has 2 aromatic carbocycles. The normalized spacial score (nSPS) is 11.1. The van der Waals surface area contributed by atoms with E-state index in [1.54, 1.807) is 22.8 Å². The summed E-state index contributed by atoms with van der Waals surface area (Å²) >= 11 is 12.1. The lowest BCUT2D eigenvalue weighted by Gasteiger charge is -2.08. The van der Waals surface area contributed by atoms with Gasteiger partial charge in [0.1, 0.15) is 11.3 Å². The van der Waals surface area contributed by atoms with Gasteiger partial charge in [-0.3, -0.25) is 4.57 Å². The highest BCUT2D eigenvalue weighted by Gasteiger charge is 2.14. The van der Waals surface area contributed by atoms with Crippen molar-refractivity contribution in [2.75, 3.05) is 5.73 Å². The number of hydrogen-bond acceptors (Lipinski definition) is 2. The molecule has 3 rings (SSSR count). The molecule has 96 valence electrons. The van der Waals surface area contributed by atoms with Crippen LogP contribution in [0, 0.1) is 5.82 Å². The van der Waals surface area contributed by atoms with Gasteiger partial charge in [0.15, 0.2) is 0 Å². The molecule has 3 nitrogen and oxygen atoms in total. The maximum atomic E-state index is 13.1. The van der Waals surface area contributed by atoms with Gasteiger partial charge in [-0.05, 0) is 30.3 Å². The van der Waals surface area contributed by atoms with Crippen LogP contribution < -0.4 is 5.73 Å². The Morgan fingerprint density at radius 1 is 1.11 bits per heavy atom. The van der Waals surface area contributed by atoms with E-state index in [4.69, 9.17) is 28.9 Å². The van der Waals surface area contributed by atoms with Crippen LogP contribution in [0.2, 0.25) is 10.0 Å². The first-order valence-electron chi connectivity index (χ1n) is 5.46. The number of benzene rings is 2. The second kappa shape index (κ2) is 4.40. The maximum Gasteiger partial charge on any atom is 0.206 e. The molecule has 0 fully saturated rings. The number of aromatic nitrogens is 2. The molecule has 19 heavy (non-hydrogen) atoms. The Balaban J connectivity index is 2.36. The zero-order valence-corrected chi connectivity index (χ0v) is 11.1. The van der Waals surface area contributed by atoms with E-state index in [2.05, 4.69) is 4.98 Å². The summed E-state index contributed by atoms with van der Waals surface area (Å²) in [5.74, 6) is -0.161. The van der Waals surface area contributed by atoms with Gasteiger partial charge in [0, 0.05) is 0 Å². The molecule has 0 bridgehead atoms. The zero-order valence-electron chi connectivity index (χ0n) is 9.57. The van der Waals surface area contributed by atoms with Gasteiger partial charge < -0.3 is 5.73 Å². The van der Waals surface area contributed by atoms with Gasteiger partial charge in [-0.15, -0.1) is 0 Å². The first kappa shape index (κ1) is 12.3. The fraction of sp³-hybridized carbons (Fsp3) is 0. The second-order valence-electron chi connectivity index (χ2n) is 4.01. The van der Waals surface area contributed by atoms with Crippen molar-refractivity contribution in [3.8, 4) is 5.69 Å². The molecule has 3 aromatic rings. The van der Waals surface area contributed by atoms with Crippen LogP contribution in [-0.4, -0.2) is 9.55 Å². The molecule has 0 spiro atoms. The summed E-state index contributed by atoms with van der Waals surface area (Å²) in [4.78, 5) is 4.21. The van der Waals surface area contributed by atoms with Crippen molar-refractivity contribution in [3.05, 3.63) is 52.3 Å². The van der Waals surface area contributed by atoms with Crippen molar-refractivity contribution in [1.29, 1.82) is 0 Å². The lowest BCUT2D eigenvalue weighted by molar-refractivity contribution is 0.627. The molecule has 0 atom stereocenters. The Bertz CT molecular complexity index is 783. The molecule has 0 radical (unpaired) electrons. The number of nitrogen functional groups attached to an aromatic ring is 1. The molecular weight excluding hydrogens is 288 g/mol. The number of fused-ring (bicyclic) bond motifs is 1. The summed E-state index contributed by atoms with van der Waals surface area (Å²) < 4.78 is 14.7. The lowest BCUT2D eigenvalue weighted by Crippen LogP contribution is -2.01. The van der Waals surface area contributed by atoms with E-state index in [9.17, 15) is 4.39 Å². The van der Waals surface area contributed by atoms with Crippen LogP contribution in [0.1, 0.15) is 0 Å². The molecule has 1 heterocycles. The Hall–Kier alpha value is -1.78. The van der Waals surface area contributed by atoms with E-state index in [0.29, 0.717) is 16.2 Å². The van der Waals surface area contributed by atoms with Crippen LogP contribution in [-0.2, 0) is 0 Å². The Kier molecular flexibility index (Phi) is 2.84. The monoisotopic (exact) mass is 295 g/mol. The Morgan fingerprint density at radius 3 is 2.63 bits per heavy atom. The van der Waals surface area contributed by atoms with Gasteiger partial charge in [0.05, 0.1) is 21.2 Å². The molecule has 6 heteroatoms. The van der Waals surface area contributed by atoms with Crippen LogP contribution in [0.15, 0.2) is 36.4 Å². The third-order valence-corrected chi connectivity index (χ3v) is 3.42. The number of nitrogens with zero attached hydrogens (tertiary/aromatic N) is 2. The predicted molar refractivity (Wildman–Crippen MR) is 75.5 cm³/mol. The van der Waals surface area contributed by atoms with Crippen LogP contribution in [0.4, 0.5) is 10.3 Å². The van der Waals surface area contributed by atoms with E-state index in [0.717, 1.165) is 5.52 Å². The van der Waals surface area contributed by atoms with Crippen LogP contribution in [0.5, 0.6) is 0 Å². The van der Waals surface area contributed by atoms with E-state index in [1.165, 1.54) is 12.1 Å². The summed E-state index contributed by atoms with van der Waals surface area (Å²) in [7, 11) is 0. The van der Waals surface area contributed by atoms with Crippen molar-refractivity contribution in [1.82, 2.24) is 9.55 Å². The molecule has 0 aliphatic carbocycles. The minimum atomic E-state index is -0.408. The third-order valence-electron chi connectivity index (χ3n) is 2.81. The first-order chi connectivity index (χ1) is 9.08. The Labute approximate surface area is 118 Å². The average molecular weight is 296 g/mol. The molecule has 1 aromatic heterocycles. The summed E-state index contributed by atoms with van der Waals surface area (Å²) in [6.07, 6.45) is 0. The van der Waals surface area contributed by atoms with Gasteiger partial charge >= 0.3 is 0 Å². The zero-order chi connectivity index (χ0) is 13.6. The molecule has 0 amide bonds. The number of imidazole rings is 1. The van der Waals surface area contributed by atoms with Crippen molar-refractivity contribution in [2.24, 2.45) is 0 Å². The fourth-order valence-corrected chi connectivity index (χ4v) is 2.46. The van der Waals surface area contributed by atoms with Crippen molar-refractivity contribution < 1.29 is 4.39 Å². The summed E-state index contributed by atoms with van der Waals surface area (Å²) in [6, 6.07) is 9.44. The highest BCUT2D eigenvalue weighted by molar-refractivity contribution is 6.35. The van der Waals surface area contributed by atoms with Crippen molar-refractivity contribution >= 4 is 40.2 Å². The number of hydrogen-bond donors (Lipinski definition) is 1. The minimum absolute atomic E-state index is 0.247. The molecule has 0 unspecified atom stereocenters. The van der Waals surface area contributed by atoms with E-state index >= 15 is 0 Å². The number of halogens is 3. The lowest BCUT2D eigenvalue weighted by atomic mass is 10.2. The Morgan fingerprint density at radius 2 is 1.89 bits per heavy atom. The third kappa shape index (κ3) is 1.93. The first-order valence-corrected chi connectivity index (χ1v) is 6.21. The quantitative estimate of drug-likeness (QED) is 0.736. The summed E-state index contributed by atoms with van der Waals surface area (Å²) in [5.41, 5.74) is 7.77. The topological polar surface area (TPSA) is 43.8 Å². The fourth-order valence-electron chi connectivity index (χ4n) is 2.00. The standard InChI is InChI=1S/C13H8Cl2FN3/c14-8-2-1-3-11-12(8)18-13(17)19(11)10-5-4-7(16)6-9(10)15/h1-6H,(H2,17,18). The second-order valence-corrected chi connectivity index (χ2v) is 4.82. The van der Waals surface area contributed by atoms with E-state index < -0.39 is 5.82 Å².